The number of aliphatic hydroxyl groups excluding tert-OH is 1. The SMILES string of the molecule is CC(=O)N[C@H]1C=C[C@@H](O)C1. The quantitative estimate of drug-likeness (QED) is 0.497. The van der Waals surface area contributed by atoms with E-state index >= 15 is 0 Å². The van der Waals surface area contributed by atoms with Gasteiger partial charge in [0.2, 0.25) is 5.91 Å². The molecule has 2 atom stereocenters. The smallest absolute Gasteiger partial charge is 0.217 e. The molecule has 3 nitrogen and oxygen atoms in total. The average molecular weight is 141 g/mol. The lowest BCUT2D eigenvalue weighted by Gasteiger charge is -2.08. The third-order valence-electron chi connectivity index (χ3n) is 1.45. The monoisotopic (exact) mass is 141 g/mol. The van der Waals surface area contributed by atoms with Gasteiger partial charge in [0.15, 0.2) is 0 Å². The summed E-state index contributed by atoms with van der Waals surface area (Å²) in [5.41, 5.74) is 0. The molecule has 0 unspecified atom stereocenters. The average Bonchev–Trinajstić information content (AvgIpc) is 2.13. The van der Waals surface area contributed by atoms with Gasteiger partial charge in [-0.05, 0) is 0 Å². The van der Waals surface area contributed by atoms with Gasteiger partial charge in [-0.25, -0.2) is 0 Å². The van der Waals surface area contributed by atoms with E-state index in [4.69, 9.17) is 5.11 Å². The first kappa shape index (κ1) is 7.28. The summed E-state index contributed by atoms with van der Waals surface area (Å²) in [4.78, 5) is 10.5. The Kier molecular flexibility index (Phi) is 2.06. The number of nitrogens with one attached hydrogen (secondary N) is 1. The van der Waals surface area contributed by atoms with E-state index in [1.54, 1.807) is 6.08 Å². The second-order valence-electron chi connectivity index (χ2n) is 2.49. The molecule has 0 aromatic rings. The molecule has 0 bridgehead atoms. The standard InChI is InChI=1S/C7H11NO2/c1-5(9)8-6-2-3-7(10)4-6/h2-3,6-7,10H,4H2,1H3,(H,8,9)/t6-,7+/m0/s1. The molecule has 0 aromatic carbocycles. The van der Waals surface area contributed by atoms with Crippen LogP contribution in [0.1, 0.15) is 13.3 Å². The molecule has 1 aliphatic carbocycles. The number of carbonyl (C=O) groups is 1. The van der Waals surface area contributed by atoms with Crippen molar-refractivity contribution in [1.82, 2.24) is 5.32 Å². The van der Waals surface area contributed by atoms with Crippen molar-refractivity contribution in [3.05, 3.63) is 12.2 Å². The van der Waals surface area contributed by atoms with Gasteiger partial charge in [-0.1, -0.05) is 12.2 Å². The Morgan fingerprint density at radius 3 is 2.80 bits per heavy atom. The predicted molar refractivity (Wildman–Crippen MR) is 37.4 cm³/mol. The summed E-state index contributed by atoms with van der Waals surface area (Å²) in [5, 5.41) is 11.7. The van der Waals surface area contributed by atoms with Crippen molar-refractivity contribution in [2.75, 3.05) is 0 Å². The van der Waals surface area contributed by atoms with Crippen LogP contribution in [0.4, 0.5) is 0 Å². The molecule has 0 saturated carbocycles. The van der Waals surface area contributed by atoms with Crippen molar-refractivity contribution >= 4 is 5.91 Å². The first-order chi connectivity index (χ1) is 4.68. The molecule has 1 rings (SSSR count). The number of carbonyl (C=O) groups excluding carboxylic acids is 1. The minimum atomic E-state index is -0.378. The van der Waals surface area contributed by atoms with Crippen LogP contribution in [0, 0.1) is 0 Å². The zero-order valence-corrected chi connectivity index (χ0v) is 5.87. The number of aliphatic hydroxyl groups is 1. The Morgan fingerprint density at radius 2 is 2.40 bits per heavy atom. The maximum Gasteiger partial charge on any atom is 0.217 e. The van der Waals surface area contributed by atoms with Crippen LogP contribution in [0.15, 0.2) is 12.2 Å². The first-order valence-electron chi connectivity index (χ1n) is 3.32. The van der Waals surface area contributed by atoms with Crippen LogP contribution in [-0.2, 0) is 4.79 Å². The van der Waals surface area contributed by atoms with Crippen LogP contribution in [0.25, 0.3) is 0 Å². The highest BCUT2D eigenvalue weighted by Gasteiger charge is 2.16. The van der Waals surface area contributed by atoms with E-state index in [0.29, 0.717) is 6.42 Å². The van der Waals surface area contributed by atoms with Gasteiger partial charge in [-0.3, -0.25) is 4.79 Å². The lowest BCUT2D eigenvalue weighted by molar-refractivity contribution is -0.119. The maximum absolute atomic E-state index is 10.5. The minimum Gasteiger partial charge on any atom is -0.389 e. The second kappa shape index (κ2) is 2.84. The molecule has 0 aliphatic heterocycles. The zero-order valence-electron chi connectivity index (χ0n) is 5.87. The van der Waals surface area contributed by atoms with Crippen molar-refractivity contribution in [3.63, 3.8) is 0 Å². The first-order valence-corrected chi connectivity index (χ1v) is 3.32. The minimum absolute atomic E-state index is 0.0347. The van der Waals surface area contributed by atoms with Gasteiger partial charge in [-0.15, -0.1) is 0 Å². The molecule has 0 aromatic heterocycles. The molecular weight excluding hydrogens is 130 g/mol. The van der Waals surface area contributed by atoms with Crippen molar-refractivity contribution in [1.29, 1.82) is 0 Å². The molecule has 1 aliphatic rings. The van der Waals surface area contributed by atoms with Gasteiger partial charge >= 0.3 is 0 Å². The van der Waals surface area contributed by atoms with Crippen LogP contribution in [0.5, 0.6) is 0 Å². The highest BCUT2D eigenvalue weighted by Crippen LogP contribution is 2.09. The van der Waals surface area contributed by atoms with Crippen LogP contribution in [0.3, 0.4) is 0 Å². The highest BCUT2D eigenvalue weighted by atomic mass is 16.3. The van der Waals surface area contributed by atoms with Crippen molar-refractivity contribution < 1.29 is 9.90 Å². The lowest BCUT2D eigenvalue weighted by atomic mass is 10.2. The number of hydrogen-bond acceptors (Lipinski definition) is 2. The van der Waals surface area contributed by atoms with Gasteiger partial charge in [0.1, 0.15) is 0 Å². The maximum atomic E-state index is 10.5. The van der Waals surface area contributed by atoms with Gasteiger partial charge in [0, 0.05) is 19.4 Å². The van der Waals surface area contributed by atoms with E-state index in [1.807, 2.05) is 6.08 Å². The fourth-order valence-corrected chi connectivity index (χ4v) is 1.05. The molecule has 3 heteroatoms. The Bertz CT molecular complexity index is 165. The van der Waals surface area contributed by atoms with E-state index in [9.17, 15) is 4.79 Å². The molecule has 0 fully saturated rings. The number of amides is 1. The van der Waals surface area contributed by atoms with Crippen molar-refractivity contribution in [3.8, 4) is 0 Å². The van der Waals surface area contributed by atoms with E-state index in [0.717, 1.165) is 0 Å². The molecule has 0 heterocycles. The van der Waals surface area contributed by atoms with E-state index in [2.05, 4.69) is 5.32 Å². The van der Waals surface area contributed by atoms with E-state index in [-0.39, 0.29) is 18.1 Å². The molecule has 0 spiro atoms. The molecule has 10 heavy (non-hydrogen) atoms. The van der Waals surface area contributed by atoms with Gasteiger partial charge < -0.3 is 10.4 Å². The predicted octanol–water partition coefficient (Wildman–Crippen LogP) is -0.188. The van der Waals surface area contributed by atoms with Gasteiger partial charge in [0.25, 0.3) is 0 Å². The zero-order chi connectivity index (χ0) is 7.56. The van der Waals surface area contributed by atoms with Crippen LogP contribution >= 0.6 is 0 Å². The van der Waals surface area contributed by atoms with Crippen molar-refractivity contribution in [2.45, 2.75) is 25.5 Å². The third kappa shape index (κ3) is 1.84. The van der Waals surface area contributed by atoms with Gasteiger partial charge in [-0.2, -0.15) is 0 Å². The summed E-state index contributed by atoms with van der Waals surface area (Å²) >= 11 is 0. The molecule has 56 valence electrons. The Labute approximate surface area is 59.7 Å². The summed E-state index contributed by atoms with van der Waals surface area (Å²) in [6, 6.07) is 0.0347. The van der Waals surface area contributed by atoms with Crippen molar-refractivity contribution in [2.24, 2.45) is 0 Å². The molecule has 0 saturated heterocycles. The van der Waals surface area contributed by atoms with Crippen LogP contribution < -0.4 is 5.32 Å². The Hall–Kier alpha value is -0.830. The summed E-state index contributed by atoms with van der Waals surface area (Å²) in [7, 11) is 0. The molecular formula is C7H11NO2. The normalized spacial score (nSPS) is 30.6. The number of hydrogen-bond donors (Lipinski definition) is 2. The lowest BCUT2D eigenvalue weighted by Crippen LogP contribution is -2.30. The summed E-state index contributed by atoms with van der Waals surface area (Å²) in [5.74, 6) is -0.0521. The number of rotatable bonds is 1. The second-order valence-corrected chi connectivity index (χ2v) is 2.49. The van der Waals surface area contributed by atoms with E-state index in [1.165, 1.54) is 6.92 Å². The highest BCUT2D eigenvalue weighted by molar-refractivity contribution is 5.73. The Balaban J connectivity index is 2.33. The largest absolute Gasteiger partial charge is 0.389 e. The molecule has 1 amide bonds. The molecule has 2 N–H and O–H groups in total. The van der Waals surface area contributed by atoms with Gasteiger partial charge in [0.05, 0.1) is 6.10 Å². The third-order valence-corrected chi connectivity index (χ3v) is 1.45. The van der Waals surface area contributed by atoms with Crippen LogP contribution in [-0.4, -0.2) is 23.2 Å². The fourth-order valence-electron chi connectivity index (χ4n) is 1.05. The Morgan fingerprint density at radius 1 is 1.70 bits per heavy atom. The van der Waals surface area contributed by atoms with E-state index < -0.39 is 0 Å². The fraction of sp³-hybridized carbons (Fsp3) is 0.571. The van der Waals surface area contributed by atoms with Crippen LogP contribution in [0.2, 0.25) is 0 Å². The summed E-state index contributed by atoms with van der Waals surface area (Å²) < 4.78 is 0. The molecule has 0 radical (unpaired) electrons. The summed E-state index contributed by atoms with van der Waals surface area (Å²) in [6.07, 6.45) is 3.74. The summed E-state index contributed by atoms with van der Waals surface area (Å²) in [6.45, 7) is 1.47. The topological polar surface area (TPSA) is 49.3 Å².